The number of anilines is 1. The largest absolute Gasteiger partial charge is 0.343 e. The van der Waals surface area contributed by atoms with Crippen LogP contribution in [0.25, 0.3) is 0 Å². The second kappa shape index (κ2) is 6.32. The average Bonchev–Trinajstić information content (AvgIpc) is 3.14. The van der Waals surface area contributed by atoms with E-state index in [4.69, 9.17) is 21.8 Å². The van der Waals surface area contributed by atoms with Gasteiger partial charge in [-0.15, -0.1) is 0 Å². The summed E-state index contributed by atoms with van der Waals surface area (Å²) in [6, 6.07) is 0.371. The Hall–Kier alpha value is -1.27. The molecule has 3 rings (SSSR count). The van der Waals surface area contributed by atoms with Gasteiger partial charge in [-0.25, -0.2) is 14.8 Å². The highest BCUT2D eigenvalue weighted by molar-refractivity contribution is 6.13. The number of aliphatic imine (C=N–C) groups is 1. The van der Waals surface area contributed by atoms with E-state index in [1.54, 1.807) is 0 Å². The van der Waals surface area contributed by atoms with E-state index >= 15 is 0 Å². The first kappa shape index (κ1) is 16.6. The van der Waals surface area contributed by atoms with Crippen LogP contribution in [0.2, 0.25) is 0 Å². The molecule has 7 heteroatoms. The maximum atomic E-state index is 6.07. The van der Waals surface area contributed by atoms with Crippen LogP contribution < -0.4 is 9.74 Å². The number of halogens is 1. The van der Waals surface area contributed by atoms with E-state index in [-0.39, 0.29) is 6.17 Å². The highest BCUT2D eigenvalue weighted by Crippen LogP contribution is 2.39. The Labute approximate surface area is 143 Å². The Balaban J connectivity index is 2.07. The summed E-state index contributed by atoms with van der Waals surface area (Å²) in [7, 11) is 6.15. The van der Waals surface area contributed by atoms with Crippen LogP contribution in [-0.4, -0.2) is 40.4 Å². The van der Waals surface area contributed by atoms with E-state index < -0.39 is 0 Å². The number of hydrogen-bond donors (Lipinski definition) is 1. The van der Waals surface area contributed by atoms with Crippen molar-refractivity contribution in [3.05, 3.63) is 5.69 Å². The molecule has 0 bridgehead atoms. The summed E-state index contributed by atoms with van der Waals surface area (Å²) < 4.78 is 2.08. The van der Waals surface area contributed by atoms with E-state index in [0.29, 0.717) is 12.0 Å². The number of imidazole rings is 1. The molecule has 1 aliphatic heterocycles. The minimum absolute atomic E-state index is 0.139. The van der Waals surface area contributed by atoms with Gasteiger partial charge in [0.15, 0.2) is 5.82 Å². The summed E-state index contributed by atoms with van der Waals surface area (Å²) >= 11 is 6.07. The number of amidine groups is 1. The van der Waals surface area contributed by atoms with Gasteiger partial charge in [-0.1, -0.05) is 12.8 Å². The molecule has 1 fully saturated rings. The highest BCUT2D eigenvalue weighted by Gasteiger charge is 2.36. The summed E-state index contributed by atoms with van der Waals surface area (Å²) in [4.78, 5) is 17.0. The third-order valence-corrected chi connectivity index (χ3v) is 5.42. The van der Waals surface area contributed by atoms with Gasteiger partial charge in [0, 0.05) is 33.1 Å². The fourth-order valence-corrected chi connectivity index (χ4v) is 3.80. The lowest BCUT2D eigenvalue weighted by Gasteiger charge is -2.34. The number of aromatic nitrogens is 2. The summed E-state index contributed by atoms with van der Waals surface area (Å²) in [5, 5.41) is 0. The highest BCUT2D eigenvalue weighted by atomic mass is 35.5. The molecule has 0 radical (unpaired) electrons. The fraction of sp³-hybridized carbons (Fsp3) is 0.750. The second-order valence-electron chi connectivity index (χ2n) is 6.96. The molecule has 2 heterocycles. The molecule has 1 atom stereocenters. The smallest absolute Gasteiger partial charge is 0.207 e. The van der Waals surface area contributed by atoms with Crippen molar-refractivity contribution in [2.45, 2.75) is 51.7 Å². The number of nitrogens with zero attached hydrogens (tertiary/aromatic N) is 5. The lowest BCUT2D eigenvalue weighted by Crippen LogP contribution is -2.41. The average molecular weight is 339 g/mol. The molecule has 1 aromatic rings. The van der Waals surface area contributed by atoms with Gasteiger partial charge in [-0.3, -0.25) is 4.57 Å². The normalized spacial score (nSPS) is 21.8. The third kappa shape index (κ3) is 2.72. The molecule has 0 amide bonds. The molecule has 1 aromatic heterocycles. The molecule has 6 nitrogen and oxygen atoms in total. The maximum Gasteiger partial charge on any atom is 0.207 e. The molecule has 1 unspecified atom stereocenters. The van der Waals surface area contributed by atoms with Crippen molar-refractivity contribution in [3.8, 4) is 0 Å². The molecule has 0 aromatic carbocycles. The number of rotatable bonds is 4. The van der Waals surface area contributed by atoms with Gasteiger partial charge in [0.25, 0.3) is 0 Å². The summed E-state index contributed by atoms with van der Waals surface area (Å²) in [6.45, 7) is 4.31. The maximum absolute atomic E-state index is 6.07. The second-order valence-corrected chi connectivity index (χ2v) is 7.18. The Morgan fingerprint density at radius 1 is 1.26 bits per heavy atom. The zero-order valence-corrected chi connectivity index (χ0v) is 15.4. The summed E-state index contributed by atoms with van der Waals surface area (Å²) in [5.41, 5.74) is 0.897. The van der Waals surface area contributed by atoms with Gasteiger partial charge in [-0.2, -0.15) is 0 Å². The molecule has 0 spiro atoms. The van der Waals surface area contributed by atoms with E-state index in [1.165, 1.54) is 25.7 Å². The van der Waals surface area contributed by atoms with Crippen molar-refractivity contribution in [1.29, 1.82) is 0 Å². The van der Waals surface area contributed by atoms with E-state index in [9.17, 15) is 0 Å². The Morgan fingerprint density at radius 3 is 2.48 bits per heavy atom. The van der Waals surface area contributed by atoms with Crippen LogP contribution >= 0.6 is 11.8 Å². The van der Waals surface area contributed by atoms with Crippen LogP contribution in [0.5, 0.6) is 0 Å². The van der Waals surface area contributed by atoms with Crippen LogP contribution in [0.15, 0.2) is 4.99 Å². The van der Waals surface area contributed by atoms with Crippen LogP contribution in [0.1, 0.15) is 51.4 Å². The summed E-state index contributed by atoms with van der Waals surface area (Å²) in [6.07, 6.45) is 4.86. The van der Waals surface area contributed by atoms with Gasteiger partial charge >= 0.3 is 0 Å². The fourth-order valence-electron chi connectivity index (χ4n) is 3.55. The van der Waals surface area contributed by atoms with Gasteiger partial charge in [0.1, 0.15) is 17.7 Å². The van der Waals surface area contributed by atoms with Crippen molar-refractivity contribution in [2.75, 3.05) is 19.0 Å². The minimum atomic E-state index is -0.139. The van der Waals surface area contributed by atoms with Crippen molar-refractivity contribution >= 4 is 29.4 Å². The first-order valence-corrected chi connectivity index (χ1v) is 8.80. The van der Waals surface area contributed by atoms with Gasteiger partial charge in [0.2, 0.25) is 5.95 Å². The molecular weight excluding hydrogens is 312 g/mol. The van der Waals surface area contributed by atoms with Gasteiger partial charge < -0.3 is 9.80 Å². The number of hydrogen-bond acceptors (Lipinski definition) is 5. The van der Waals surface area contributed by atoms with Crippen molar-refractivity contribution in [2.24, 2.45) is 18.0 Å². The minimum Gasteiger partial charge on any atom is -0.343 e. The van der Waals surface area contributed by atoms with E-state index in [2.05, 4.69) is 47.1 Å². The van der Waals surface area contributed by atoms with E-state index in [0.717, 1.165) is 23.3 Å². The summed E-state index contributed by atoms with van der Waals surface area (Å²) in [5.74, 6) is 3.51. The molecule has 1 N–H and O–H groups in total. The standard InChI is InChI=1S/C16H27ClN6/c1-10(2)21(3)16-18-12-14(23(16)5)19-13(11-8-6-7-9-11)22(4)15(12)20-17/h10-11,15,20H,6-9H2,1-5H3. The van der Waals surface area contributed by atoms with Crippen LogP contribution in [0, 0.1) is 5.92 Å². The quantitative estimate of drug-likeness (QED) is 0.857. The Bertz CT molecular complexity index is 602. The zero-order chi connectivity index (χ0) is 16.7. The first-order chi connectivity index (χ1) is 11.0. The van der Waals surface area contributed by atoms with Crippen LogP contribution in [-0.2, 0) is 7.05 Å². The monoisotopic (exact) mass is 338 g/mol. The Morgan fingerprint density at radius 2 is 1.91 bits per heavy atom. The molecule has 2 aliphatic rings. The molecule has 0 saturated heterocycles. The van der Waals surface area contributed by atoms with Crippen LogP contribution in [0.4, 0.5) is 11.8 Å². The number of nitrogens with one attached hydrogen (secondary N) is 1. The third-order valence-electron chi connectivity index (χ3n) is 5.21. The van der Waals surface area contributed by atoms with Crippen LogP contribution in [0.3, 0.4) is 0 Å². The van der Waals surface area contributed by atoms with Gasteiger partial charge in [0.05, 0.1) is 0 Å². The van der Waals surface area contributed by atoms with Crippen molar-refractivity contribution in [3.63, 3.8) is 0 Å². The lowest BCUT2D eigenvalue weighted by atomic mass is 10.0. The SMILES string of the molecule is CC(C)N(C)c1nc2c(n1C)N=C(C1CCCC1)N(C)C2NCl. The molecule has 1 aliphatic carbocycles. The Kier molecular flexibility index (Phi) is 4.56. The zero-order valence-electron chi connectivity index (χ0n) is 14.7. The van der Waals surface area contributed by atoms with Gasteiger partial charge in [-0.05, 0) is 38.5 Å². The molecular formula is C16H27ClN6. The predicted molar refractivity (Wildman–Crippen MR) is 95.3 cm³/mol. The topological polar surface area (TPSA) is 48.7 Å². The van der Waals surface area contributed by atoms with Crippen molar-refractivity contribution < 1.29 is 0 Å². The predicted octanol–water partition coefficient (Wildman–Crippen LogP) is 3.17. The molecule has 1 saturated carbocycles. The number of fused-ring (bicyclic) bond motifs is 1. The first-order valence-electron chi connectivity index (χ1n) is 8.42. The molecule has 23 heavy (non-hydrogen) atoms. The molecule has 128 valence electrons. The van der Waals surface area contributed by atoms with E-state index in [1.807, 2.05) is 7.05 Å². The lowest BCUT2D eigenvalue weighted by molar-refractivity contribution is 0.328. The van der Waals surface area contributed by atoms with Crippen molar-refractivity contribution in [1.82, 2.24) is 19.3 Å².